The third-order valence-electron chi connectivity index (χ3n) is 3.40. The van der Waals surface area contributed by atoms with Crippen LogP contribution in [0, 0.1) is 5.92 Å². The number of carbonyl (C=O) groups excluding carboxylic acids is 1. The van der Waals surface area contributed by atoms with Crippen molar-refractivity contribution in [1.82, 2.24) is 4.98 Å². The predicted octanol–water partition coefficient (Wildman–Crippen LogP) is 1.30. The minimum atomic E-state index is -0.242. The molecule has 84 valence electrons. The highest BCUT2D eigenvalue weighted by Crippen LogP contribution is 2.49. The van der Waals surface area contributed by atoms with Crippen LogP contribution in [0.5, 0.6) is 0 Å². The van der Waals surface area contributed by atoms with E-state index in [2.05, 4.69) is 25.8 Å². The summed E-state index contributed by atoms with van der Waals surface area (Å²) in [6.45, 7) is 0. The molecule has 2 heterocycles. The molecule has 1 aliphatic carbocycles. The summed E-state index contributed by atoms with van der Waals surface area (Å²) in [5.74, 6) is 1.25. The maximum Gasteiger partial charge on any atom is 0.240 e. The SMILES string of the molecule is NC(=O)C1CC2CC2N1c1cccc(Br)n1. The Morgan fingerprint density at radius 3 is 3.00 bits per heavy atom. The minimum absolute atomic E-state index is 0.175. The van der Waals surface area contributed by atoms with Crippen LogP contribution in [0.3, 0.4) is 0 Å². The van der Waals surface area contributed by atoms with Crippen molar-refractivity contribution in [1.29, 1.82) is 0 Å². The topological polar surface area (TPSA) is 59.2 Å². The van der Waals surface area contributed by atoms with Crippen molar-refractivity contribution in [2.45, 2.75) is 24.9 Å². The Labute approximate surface area is 102 Å². The second-order valence-corrected chi connectivity index (χ2v) is 5.26. The van der Waals surface area contributed by atoms with E-state index in [9.17, 15) is 4.79 Å². The van der Waals surface area contributed by atoms with Crippen LogP contribution in [0.25, 0.3) is 0 Å². The fraction of sp³-hybridized carbons (Fsp3) is 0.455. The summed E-state index contributed by atoms with van der Waals surface area (Å²) in [5.41, 5.74) is 5.43. The molecule has 0 radical (unpaired) electrons. The van der Waals surface area contributed by atoms with Crippen molar-refractivity contribution in [2.75, 3.05) is 4.90 Å². The number of primary amides is 1. The van der Waals surface area contributed by atoms with Gasteiger partial charge in [-0.15, -0.1) is 0 Å². The van der Waals surface area contributed by atoms with Gasteiger partial charge in [-0.05, 0) is 46.8 Å². The summed E-state index contributed by atoms with van der Waals surface area (Å²) in [6, 6.07) is 6.04. The molecule has 2 N–H and O–H groups in total. The zero-order valence-corrected chi connectivity index (χ0v) is 10.2. The molecule has 4 nitrogen and oxygen atoms in total. The van der Waals surface area contributed by atoms with E-state index in [1.165, 1.54) is 0 Å². The van der Waals surface area contributed by atoms with E-state index >= 15 is 0 Å². The molecule has 1 aromatic heterocycles. The lowest BCUT2D eigenvalue weighted by atomic mass is 10.1. The Balaban J connectivity index is 1.95. The van der Waals surface area contributed by atoms with E-state index in [1.54, 1.807) is 0 Å². The lowest BCUT2D eigenvalue weighted by Crippen LogP contribution is -2.43. The third-order valence-corrected chi connectivity index (χ3v) is 3.84. The number of halogens is 1. The largest absolute Gasteiger partial charge is 0.368 e. The smallest absolute Gasteiger partial charge is 0.240 e. The number of hydrogen-bond acceptors (Lipinski definition) is 3. The molecular formula is C11H12BrN3O. The molecule has 5 heteroatoms. The van der Waals surface area contributed by atoms with Gasteiger partial charge < -0.3 is 10.6 Å². The molecule has 2 fully saturated rings. The number of nitrogens with two attached hydrogens (primary N) is 1. The molecule has 1 aromatic rings. The average molecular weight is 282 g/mol. The third kappa shape index (κ3) is 1.50. The molecule has 3 unspecified atom stereocenters. The minimum Gasteiger partial charge on any atom is -0.368 e. The van der Waals surface area contributed by atoms with E-state index in [4.69, 9.17) is 5.73 Å². The van der Waals surface area contributed by atoms with Gasteiger partial charge in [-0.25, -0.2) is 4.98 Å². The van der Waals surface area contributed by atoms with Crippen LogP contribution in [-0.4, -0.2) is 23.0 Å². The zero-order chi connectivity index (χ0) is 11.3. The highest BCUT2D eigenvalue weighted by atomic mass is 79.9. The number of amides is 1. The number of rotatable bonds is 2. The molecule has 1 saturated heterocycles. The fourth-order valence-electron chi connectivity index (χ4n) is 2.58. The molecule has 0 bridgehead atoms. The number of pyridine rings is 1. The van der Waals surface area contributed by atoms with Crippen molar-refractivity contribution in [3.05, 3.63) is 22.8 Å². The van der Waals surface area contributed by atoms with E-state index in [-0.39, 0.29) is 11.9 Å². The second kappa shape index (κ2) is 3.45. The van der Waals surface area contributed by atoms with Gasteiger partial charge in [0.25, 0.3) is 0 Å². The van der Waals surface area contributed by atoms with Crippen molar-refractivity contribution in [3.63, 3.8) is 0 Å². The summed E-state index contributed by atoms with van der Waals surface area (Å²) >= 11 is 3.35. The van der Waals surface area contributed by atoms with Crippen LogP contribution in [0.4, 0.5) is 5.82 Å². The molecular weight excluding hydrogens is 270 g/mol. The number of fused-ring (bicyclic) bond motifs is 1. The summed E-state index contributed by atoms with van der Waals surface area (Å²) in [5, 5.41) is 0. The molecule has 1 amide bonds. The maximum atomic E-state index is 11.4. The Hall–Kier alpha value is -1.10. The first-order chi connectivity index (χ1) is 7.66. The van der Waals surface area contributed by atoms with Gasteiger partial charge in [0.1, 0.15) is 16.5 Å². The van der Waals surface area contributed by atoms with Gasteiger partial charge in [-0.1, -0.05) is 6.07 Å². The Morgan fingerprint density at radius 2 is 2.31 bits per heavy atom. The molecule has 3 atom stereocenters. The molecule has 1 saturated carbocycles. The van der Waals surface area contributed by atoms with Gasteiger partial charge in [0, 0.05) is 6.04 Å². The van der Waals surface area contributed by atoms with E-state index in [0.717, 1.165) is 23.3 Å². The number of aromatic nitrogens is 1. The summed E-state index contributed by atoms with van der Waals surface area (Å²) in [7, 11) is 0. The predicted molar refractivity (Wildman–Crippen MR) is 63.9 cm³/mol. The number of anilines is 1. The van der Waals surface area contributed by atoms with Gasteiger partial charge in [0.2, 0.25) is 5.91 Å². The van der Waals surface area contributed by atoms with Gasteiger partial charge in [0.15, 0.2) is 0 Å². The van der Waals surface area contributed by atoms with Crippen LogP contribution in [0.2, 0.25) is 0 Å². The van der Waals surface area contributed by atoms with Gasteiger partial charge in [-0.3, -0.25) is 4.79 Å². The molecule has 0 aromatic carbocycles. The zero-order valence-electron chi connectivity index (χ0n) is 8.64. The molecule has 0 spiro atoms. The fourth-order valence-corrected chi connectivity index (χ4v) is 2.92. The average Bonchev–Trinajstić information content (AvgIpc) is 2.89. The highest BCUT2D eigenvalue weighted by molar-refractivity contribution is 9.10. The van der Waals surface area contributed by atoms with Crippen molar-refractivity contribution in [3.8, 4) is 0 Å². The number of hydrogen-bond donors (Lipinski definition) is 1. The van der Waals surface area contributed by atoms with Crippen molar-refractivity contribution < 1.29 is 4.79 Å². The normalized spacial score (nSPS) is 31.3. The highest BCUT2D eigenvalue weighted by Gasteiger charge is 2.54. The Morgan fingerprint density at radius 1 is 1.50 bits per heavy atom. The number of piperidine rings is 1. The first-order valence-corrected chi connectivity index (χ1v) is 6.16. The monoisotopic (exact) mass is 281 g/mol. The van der Waals surface area contributed by atoms with E-state index < -0.39 is 0 Å². The molecule has 1 aliphatic heterocycles. The van der Waals surface area contributed by atoms with Crippen LogP contribution >= 0.6 is 15.9 Å². The van der Waals surface area contributed by atoms with Crippen LogP contribution in [0.15, 0.2) is 22.8 Å². The summed E-state index contributed by atoms with van der Waals surface area (Å²) in [4.78, 5) is 17.9. The van der Waals surface area contributed by atoms with Gasteiger partial charge in [-0.2, -0.15) is 0 Å². The summed E-state index contributed by atoms with van der Waals surface area (Å²) in [6.07, 6.45) is 2.05. The van der Waals surface area contributed by atoms with Crippen LogP contribution in [0.1, 0.15) is 12.8 Å². The van der Waals surface area contributed by atoms with E-state index in [0.29, 0.717) is 12.0 Å². The number of nitrogens with zero attached hydrogens (tertiary/aromatic N) is 2. The van der Waals surface area contributed by atoms with Gasteiger partial charge >= 0.3 is 0 Å². The first-order valence-electron chi connectivity index (χ1n) is 5.37. The Bertz CT molecular complexity index is 451. The maximum absolute atomic E-state index is 11.4. The van der Waals surface area contributed by atoms with Crippen molar-refractivity contribution >= 4 is 27.7 Å². The number of carbonyl (C=O) groups is 1. The van der Waals surface area contributed by atoms with Crippen LogP contribution in [-0.2, 0) is 4.79 Å². The molecule has 16 heavy (non-hydrogen) atoms. The van der Waals surface area contributed by atoms with Crippen LogP contribution < -0.4 is 10.6 Å². The second-order valence-electron chi connectivity index (χ2n) is 4.44. The summed E-state index contributed by atoms with van der Waals surface area (Å²) < 4.78 is 0.789. The Kier molecular flexibility index (Phi) is 2.17. The molecule has 2 aliphatic rings. The lowest BCUT2D eigenvalue weighted by molar-refractivity contribution is -0.119. The quantitative estimate of drug-likeness (QED) is 0.832. The lowest BCUT2D eigenvalue weighted by Gasteiger charge is -2.26. The van der Waals surface area contributed by atoms with Crippen molar-refractivity contribution in [2.24, 2.45) is 11.7 Å². The van der Waals surface area contributed by atoms with Gasteiger partial charge in [0.05, 0.1) is 0 Å². The standard InChI is InChI=1S/C11H12BrN3O/c12-9-2-1-3-10(14-9)15-7-4-6(7)5-8(15)11(13)16/h1-3,6-8H,4-5H2,(H2,13,16). The first kappa shape index (κ1) is 10.1. The molecule has 3 rings (SSSR count). The van der Waals surface area contributed by atoms with E-state index in [1.807, 2.05) is 18.2 Å².